The summed E-state index contributed by atoms with van der Waals surface area (Å²) in [6.07, 6.45) is 5.41. The van der Waals surface area contributed by atoms with Crippen molar-refractivity contribution in [2.75, 3.05) is 20.4 Å². The van der Waals surface area contributed by atoms with E-state index in [0.29, 0.717) is 6.04 Å². The number of nitrogens with zero attached hydrogens (tertiary/aromatic N) is 1. The van der Waals surface area contributed by atoms with E-state index in [4.69, 9.17) is 0 Å². The Morgan fingerprint density at radius 3 is 2.43 bits per heavy atom. The van der Waals surface area contributed by atoms with Gasteiger partial charge in [-0.25, -0.2) is 13.1 Å². The van der Waals surface area contributed by atoms with Crippen molar-refractivity contribution in [3.05, 3.63) is 0 Å². The molecule has 2 atom stereocenters. The Kier molecular flexibility index (Phi) is 3.92. The van der Waals surface area contributed by atoms with Crippen molar-refractivity contribution < 1.29 is 8.42 Å². The molecule has 2 unspecified atom stereocenters. The van der Waals surface area contributed by atoms with Crippen LogP contribution in [-0.4, -0.2) is 45.8 Å². The molecule has 0 aromatic carbocycles. The van der Waals surface area contributed by atoms with Crippen LogP contribution < -0.4 is 4.72 Å². The van der Waals surface area contributed by atoms with Gasteiger partial charge in [-0.1, -0.05) is 6.42 Å². The van der Waals surface area contributed by atoms with Crippen LogP contribution in [0.4, 0.5) is 0 Å². The van der Waals surface area contributed by atoms with E-state index in [1.807, 2.05) is 14.1 Å². The van der Waals surface area contributed by atoms with E-state index in [9.17, 15) is 8.42 Å². The third-order valence-corrected chi connectivity index (χ3v) is 3.52. The summed E-state index contributed by atoms with van der Waals surface area (Å²) in [4.78, 5) is 2.18. The molecule has 0 aromatic heterocycles. The molecule has 5 heteroatoms. The lowest BCUT2D eigenvalue weighted by Gasteiger charge is -2.33. The summed E-state index contributed by atoms with van der Waals surface area (Å²) >= 11 is 0. The van der Waals surface area contributed by atoms with Crippen LogP contribution in [0, 0.1) is 0 Å². The van der Waals surface area contributed by atoms with Crippen LogP contribution in [-0.2, 0) is 10.0 Å². The van der Waals surface area contributed by atoms with Gasteiger partial charge in [0, 0.05) is 12.1 Å². The molecule has 0 aliphatic heterocycles. The summed E-state index contributed by atoms with van der Waals surface area (Å²) in [6, 6.07) is 0.647. The fraction of sp³-hybridized carbons (Fsp3) is 1.00. The maximum atomic E-state index is 11.1. The van der Waals surface area contributed by atoms with Gasteiger partial charge in [0.15, 0.2) is 0 Å². The first-order valence-electron chi connectivity index (χ1n) is 5.02. The molecule has 4 nitrogen and oxygen atoms in total. The number of hydrogen-bond donors (Lipinski definition) is 1. The van der Waals surface area contributed by atoms with E-state index in [2.05, 4.69) is 9.62 Å². The number of hydrogen-bond acceptors (Lipinski definition) is 3. The Morgan fingerprint density at radius 1 is 1.29 bits per heavy atom. The highest BCUT2D eigenvalue weighted by atomic mass is 32.2. The van der Waals surface area contributed by atoms with Crippen LogP contribution in [0.3, 0.4) is 0 Å². The van der Waals surface area contributed by atoms with Crippen LogP contribution in [0.1, 0.15) is 25.7 Å². The molecule has 0 heterocycles. The number of sulfonamides is 1. The van der Waals surface area contributed by atoms with Gasteiger partial charge >= 0.3 is 0 Å². The summed E-state index contributed by atoms with van der Waals surface area (Å²) in [6.45, 7) is 0. The summed E-state index contributed by atoms with van der Waals surface area (Å²) in [5, 5.41) is 0. The minimum Gasteiger partial charge on any atom is -0.306 e. The number of nitrogens with one attached hydrogen (secondary N) is 1. The van der Waals surface area contributed by atoms with Crippen molar-refractivity contribution in [3.63, 3.8) is 0 Å². The van der Waals surface area contributed by atoms with E-state index in [1.165, 1.54) is 12.7 Å². The molecule has 84 valence electrons. The molecule has 1 aliphatic carbocycles. The van der Waals surface area contributed by atoms with Crippen molar-refractivity contribution >= 4 is 10.0 Å². The van der Waals surface area contributed by atoms with Crippen molar-refractivity contribution in [2.45, 2.75) is 37.8 Å². The van der Waals surface area contributed by atoms with Gasteiger partial charge in [-0.2, -0.15) is 0 Å². The lowest BCUT2D eigenvalue weighted by molar-refractivity contribution is 0.208. The van der Waals surface area contributed by atoms with Gasteiger partial charge in [0.05, 0.1) is 6.26 Å². The molecule has 1 N–H and O–H groups in total. The minimum absolute atomic E-state index is 0.131. The highest BCUT2D eigenvalue weighted by Crippen LogP contribution is 2.21. The van der Waals surface area contributed by atoms with Gasteiger partial charge in [-0.15, -0.1) is 0 Å². The molecule has 0 bridgehead atoms. The summed E-state index contributed by atoms with van der Waals surface area (Å²) in [5.41, 5.74) is 0. The SMILES string of the molecule is CN(C)C1CCCC(NS(C)(=O)=O)C1. The van der Waals surface area contributed by atoms with Crippen LogP contribution in [0.2, 0.25) is 0 Å². The van der Waals surface area contributed by atoms with Crippen molar-refractivity contribution in [2.24, 2.45) is 0 Å². The Hall–Kier alpha value is -0.130. The van der Waals surface area contributed by atoms with Gasteiger partial charge in [0.25, 0.3) is 0 Å². The van der Waals surface area contributed by atoms with E-state index >= 15 is 0 Å². The Bertz CT molecular complexity index is 275. The lowest BCUT2D eigenvalue weighted by atomic mass is 9.91. The molecule has 14 heavy (non-hydrogen) atoms. The molecule has 1 saturated carbocycles. The third kappa shape index (κ3) is 3.94. The zero-order valence-electron chi connectivity index (χ0n) is 9.16. The predicted octanol–water partition coefficient (Wildman–Crippen LogP) is 0.408. The second-order valence-corrected chi connectivity index (χ2v) is 6.15. The number of rotatable bonds is 3. The van der Waals surface area contributed by atoms with Gasteiger partial charge in [-0.3, -0.25) is 0 Å². The average molecular weight is 220 g/mol. The van der Waals surface area contributed by atoms with Gasteiger partial charge in [-0.05, 0) is 33.4 Å². The summed E-state index contributed by atoms with van der Waals surface area (Å²) < 4.78 is 24.8. The predicted molar refractivity (Wildman–Crippen MR) is 57.7 cm³/mol. The van der Waals surface area contributed by atoms with Crippen LogP contribution in [0.5, 0.6) is 0 Å². The molecule has 0 saturated heterocycles. The fourth-order valence-electron chi connectivity index (χ4n) is 2.04. The normalized spacial score (nSPS) is 29.4. The first-order chi connectivity index (χ1) is 6.38. The molecule has 0 spiro atoms. The Labute approximate surface area is 86.7 Å². The highest BCUT2D eigenvalue weighted by Gasteiger charge is 2.24. The van der Waals surface area contributed by atoms with Crippen LogP contribution >= 0.6 is 0 Å². The van der Waals surface area contributed by atoms with Gasteiger partial charge < -0.3 is 4.90 Å². The largest absolute Gasteiger partial charge is 0.306 e. The lowest BCUT2D eigenvalue weighted by Crippen LogP contribution is -2.43. The minimum atomic E-state index is -3.04. The quantitative estimate of drug-likeness (QED) is 0.749. The highest BCUT2D eigenvalue weighted by molar-refractivity contribution is 7.88. The topological polar surface area (TPSA) is 49.4 Å². The van der Waals surface area contributed by atoms with E-state index < -0.39 is 10.0 Å². The maximum absolute atomic E-state index is 11.1. The second kappa shape index (κ2) is 4.59. The smallest absolute Gasteiger partial charge is 0.208 e. The molecular weight excluding hydrogens is 200 g/mol. The van der Waals surface area contributed by atoms with E-state index in [0.717, 1.165) is 19.3 Å². The Morgan fingerprint density at radius 2 is 1.93 bits per heavy atom. The zero-order valence-corrected chi connectivity index (χ0v) is 9.97. The van der Waals surface area contributed by atoms with Crippen molar-refractivity contribution in [1.82, 2.24) is 9.62 Å². The molecule has 1 aliphatic rings. The Balaban J connectivity index is 2.48. The standard InChI is InChI=1S/C9H20N2O2S/c1-11(2)9-6-4-5-8(7-9)10-14(3,12)13/h8-10H,4-7H2,1-3H3. The van der Waals surface area contributed by atoms with E-state index in [1.54, 1.807) is 0 Å². The monoisotopic (exact) mass is 220 g/mol. The fourth-order valence-corrected chi connectivity index (χ4v) is 2.86. The molecule has 1 fully saturated rings. The van der Waals surface area contributed by atoms with Crippen molar-refractivity contribution in [3.8, 4) is 0 Å². The third-order valence-electron chi connectivity index (χ3n) is 2.76. The maximum Gasteiger partial charge on any atom is 0.208 e. The van der Waals surface area contributed by atoms with Crippen LogP contribution in [0.15, 0.2) is 0 Å². The second-order valence-electron chi connectivity index (χ2n) is 4.37. The molecular formula is C9H20N2O2S. The van der Waals surface area contributed by atoms with Crippen LogP contribution in [0.25, 0.3) is 0 Å². The average Bonchev–Trinajstić information content (AvgIpc) is 2.01. The van der Waals surface area contributed by atoms with Gasteiger partial charge in [0.1, 0.15) is 0 Å². The molecule has 0 radical (unpaired) electrons. The van der Waals surface area contributed by atoms with Crippen molar-refractivity contribution in [1.29, 1.82) is 0 Å². The first kappa shape index (κ1) is 11.9. The zero-order chi connectivity index (χ0) is 10.8. The first-order valence-corrected chi connectivity index (χ1v) is 6.91. The summed E-state index contributed by atoms with van der Waals surface area (Å²) in [7, 11) is 1.06. The molecule has 0 amide bonds. The molecule has 1 rings (SSSR count). The van der Waals surface area contributed by atoms with E-state index in [-0.39, 0.29) is 6.04 Å². The molecule has 0 aromatic rings. The summed E-state index contributed by atoms with van der Waals surface area (Å²) in [5.74, 6) is 0. The van der Waals surface area contributed by atoms with Gasteiger partial charge in [0.2, 0.25) is 10.0 Å².